The van der Waals surface area contributed by atoms with Crippen LogP contribution in [0.4, 0.5) is 5.69 Å². The van der Waals surface area contributed by atoms with E-state index in [0.717, 1.165) is 38.8 Å². The molecule has 2 aromatic carbocycles. The maximum atomic E-state index is 13.0. The van der Waals surface area contributed by atoms with Gasteiger partial charge >= 0.3 is 0 Å². The maximum Gasteiger partial charge on any atom is 0.256 e. The summed E-state index contributed by atoms with van der Waals surface area (Å²) in [5.41, 5.74) is 6.26. The number of benzene rings is 2. The molecule has 2 aromatic heterocycles. The van der Waals surface area contributed by atoms with Crippen LogP contribution in [0.3, 0.4) is 0 Å². The highest BCUT2D eigenvalue weighted by Gasteiger charge is 2.14. The Morgan fingerprint density at radius 3 is 2.62 bits per heavy atom. The van der Waals surface area contributed by atoms with Crippen LogP contribution in [-0.2, 0) is 0 Å². The van der Waals surface area contributed by atoms with Gasteiger partial charge in [-0.1, -0.05) is 30.3 Å². The van der Waals surface area contributed by atoms with Gasteiger partial charge in [0.15, 0.2) is 0 Å². The van der Waals surface area contributed by atoms with Gasteiger partial charge in [0.1, 0.15) is 0 Å². The minimum atomic E-state index is -0.141. The van der Waals surface area contributed by atoms with Crippen molar-refractivity contribution in [2.45, 2.75) is 20.8 Å². The molecule has 4 aromatic rings. The summed E-state index contributed by atoms with van der Waals surface area (Å²) in [4.78, 5) is 22.0. The lowest BCUT2D eigenvalue weighted by molar-refractivity contribution is 0.102. The highest BCUT2D eigenvalue weighted by atomic mass is 16.1. The van der Waals surface area contributed by atoms with Crippen LogP contribution < -0.4 is 5.32 Å². The van der Waals surface area contributed by atoms with Gasteiger partial charge in [-0.2, -0.15) is 0 Å². The normalized spacial score (nSPS) is 11.0. The summed E-state index contributed by atoms with van der Waals surface area (Å²) in [6.07, 6.45) is 1.74. The van der Waals surface area contributed by atoms with E-state index in [4.69, 9.17) is 0 Å². The Labute approximate surface area is 151 Å². The number of amides is 1. The number of pyridine rings is 2. The number of carbonyl (C=O) groups is 1. The van der Waals surface area contributed by atoms with Crippen LogP contribution in [-0.4, -0.2) is 15.9 Å². The second-order valence-electron chi connectivity index (χ2n) is 6.54. The Balaban J connectivity index is 1.81. The zero-order valence-electron chi connectivity index (χ0n) is 15.0. The average Bonchev–Trinajstić information content (AvgIpc) is 2.64. The van der Waals surface area contributed by atoms with E-state index in [9.17, 15) is 4.79 Å². The Kier molecular flexibility index (Phi) is 3.88. The topological polar surface area (TPSA) is 54.9 Å². The second kappa shape index (κ2) is 6.23. The number of anilines is 1. The number of aromatic nitrogens is 2. The summed E-state index contributed by atoms with van der Waals surface area (Å²) >= 11 is 0. The van der Waals surface area contributed by atoms with E-state index in [1.807, 2.05) is 49.4 Å². The molecular weight excluding hydrogens is 322 g/mol. The van der Waals surface area contributed by atoms with Crippen molar-refractivity contribution in [3.8, 4) is 0 Å². The number of aryl methyl sites for hydroxylation is 3. The second-order valence-corrected chi connectivity index (χ2v) is 6.54. The lowest BCUT2D eigenvalue weighted by atomic mass is 10.0. The van der Waals surface area contributed by atoms with Crippen molar-refractivity contribution in [3.05, 3.63) is 77.1 Å². The first kappa shape index (κ1) is 16.2. The molecular formula is C22H19N3O. The molecule has 0 aliphatic rings. The van der Waals surface area contributed by atoms with Gasteiger partial charge in [-0.05, 0) is 50.1 Å². The molecule has 4 nitrogen and oxygen atoms in total. The number of hydrogen-bond donors (Lipinski definition) is 1. The lowest BCUT2D eigenvalue weighted by Crippen LogP contribution is -2.13. The monoisotopic (exact) mass is 341 g/mol. The number of carbonyl (C=O) groups excluding carboxylic acids is 1. The first-order valence-electron chi connectivity index (χ1n) is 8.57. The van der Waals surface area contributed by atoms with Crippen molar-refractivity contribution in [2.75, 3.05) is 5.32 Å². The summed E-state index contributed by atoms with van der Waals surface area (Å²) in [5.74, 6) is -0.141. The molecule has 0 atom stereocenters. The fourth-order valence-corrected chi connectivity index (χ4v) is 3.26. The Bertz CT molecular complexity index is 1160. The van der Waals surface area contributed by atoms with Gasteiger partial charge in [0.25, 0.3) is 5.91 Å². The molecule has 2 heterocycles. The zero-order valence-corrected chi connectivity index (χ0v) is 15.0. The maximum absolute atomic E-state index is 13.0. The van der Waals surface area contributed by atoms with Gasteiger partial charge in [-0.15, -0.1) is 0 Å². The highest BCUT2D eigenvalue weighted by molar-refractivity contribution is 6.14. The van der Waals surface area contributed by atoms with Gasteiger partial charge in [-0.25, -0.2) is 0 Å². The molecule has 0 unspecified atom stereocenters. The molecule has 0 bridgehead atoms. The first-order valence-corrected chi connectivity index (χ1v) is 8.57. The van der Waals surface area contributed by atoms with Gasteiger partial charge in [0.2, 0.25) is 0 Å². The number of para-hydroxylation sites is 1. The number of rotatable bonds is 2. The third-order valence-corrected chi connectivity index (χ3v) is 4.77. The van der Waals surface area contributed by atoms with Crippen LogP contribution in [0.2, 0.25) is 0 Å². The van der Waals surface area contributed by atoms with E-state index in [2.05, 4.69) is 35.2 Å². The van der Waals surface area contributed by atoms with Crippen molar-refractivity contribution in [1.82, 2.24) is 9.97 Å². The highest BCUT2D eigenvalue weighted by Crippen LogP contribution is 2.27. The Hall–Kier alpha value is -3.27. The average molecular weight is 341 g/mol. The standard InChI is InChI=1S/C22H19N3O/c1-13-8-9-17-20(10-11-23-21(17)15(13)3)25-22(26)18-12-14(2)24-19-7-5-4-6-16(18)19/h4-12H,1-3H3,(H,23,25,26). The molecule has 0 spiro atoms. The fourth-order valence-electron chi connectivity index (χ4n) is 3.26. The van der Waals surface area contributed by atoms with Gasteiger partial charge in [0, 0.05) is 22.7 Å². The molecule has 0 aliphatic heterocycles. The SMILES string of the molecule is Cc1cc(C(=O)Nc2ccnc3c(C)c(C)ccc23)c2ccccc2n1. The number of nitrogens with one attached hydrogen (secondary N) is 1. The van der Waals surface area contributed by atoms with Crippen molar-refractivity contribution in [3.63, 3.8) is 0 Å². The van der Waals surface area contributed by atoms with Crippen molar-refractivity contribution < 1.29 is 4.79 Å². The molecule has 0 fully saturated rings. The summed E-state index contributed by atoms with van der Waals surface area (Å²) in [7, 11) is 0. The van der Waals surface area contributed by atoms with Crippen LogP contribution in [0.5, 0.6) is 0 Å². The third-order valence-electron chi connectivity index (χ3n) is 4.77. The summed E-state index contributed by atoms with van der Waals surface area (Å²) in [6.45, 7) is 6.01. The van der Waals surface area contributed by atoms with Gasteiger partial charge in [0.05, 0.1) is 22.3 Å². The molecule has 0 radical (unpaired) electrons. The number of fused-ring (bicyclic) bond motifs is 2. The first-order chi connectivity index (χ1) is 12.5. The predicted octanol–water partition coefficient (Wildman–Crippen LogP) is 4.96. The van der Waals surface area contributed by atoms with E-state index < -0.39 is 0 Å². The van der Waals surface area contributed by atoms with Crippen molar-refractivity contribution >= 4 is 33.4 Å². The third kappa shape index (κ3) is 2.69. The quantitative estimate of drug-likeness (QED) is 0.560. The molecule has 4 heteroatoms. The van der Waals surface area contributed by atoms with Crippen molar-refractivity contribution in [2.24, 2.45) is 0 Å². The van der Waals surface area contributed by atoms with Crippen LogP contribution in [0.15, 0.2) is 54.7 Å². The molecule has 0 aliphatic carbocycles. The molecule has 4 rings (SSSR count). The molecule has 128 valence electrons. The van der Waals surface area contributed by atoms with Gasteiger partial charge in [-0.3, -0.25) is 14.8 Å². The Morgan fingerprint density at radius 1 is 0.962 bits per heavy atom. The molecule has 0 saturated carbocycles. The smallest absolute Gasteiger partial charge is 0.256 e. The number of hydrogen-bond acceptors (Lipinski definition) is 3. The minimum absolute atomic E-state index is 0.141. The summed E-state index contributed by atoms with van der Waals surface area (Å²) in [6, 6.07) is 15.4. The summed E-state index contributed by atoms with van der Waals surface area (Å²) in [5, 5.41) is 4.85. The Morgan fingerprint density at radius 2 is 1.77 bits per heavy atom. The molecule has 0 saturated heterocycles. The van der Waals surface area contributed by atoms with Gasteiger partial charge < -0.3 is 5.32 Å². The van der Waals surface area contributed by atoms with Crippen molar-refractivity contribution in [1.29, 1.82) is 0 Å². The fraction of sp³-hybridized carbons (Fsp3) is 0.136. The largest absolute Gasteiger partial charge is 0.321 e. The van der Waals surface area contributed by atoms with E-state index in [-0.39, 0.29) is 5.91 Å². The molecule has 26 heavy (non-hydrogen) atoms. The van der Waals surface area contributed by atoms with Crippen LogP contribution in [0.25, 0.3) is 21.8 Å². The lowest BCUT2D eigenvalue weighted by Gasteiger charge is -2.12. The molecule has 1 amide bonds. The van der Waals surface area contributed by atoms with Crippen LogP contribution in [0, 0.1) is 20.8 Å². The van der Waals surface area contributed by atoms with E-state index in [1.54, 1.807) is 6.20 Å². The van der Waals surface area contributed by atoms with E-state index >= 15 is 0 Å². The minimum Gasteiger partial charge on any atom is -0.321 e. The van der Waals surface area contributed by atoms with E-state index in [1.165, 1.54) is 5.56 Å². The van der Waals surface area contributed by atoms with Crippen LogP contribution in [0.1, 0.15) is 27.2 Å². The number of nitrogens with zero attached hydrogens (tertiary/aromatic N) is 2. The molecule has 1 N–H and O–H groups in total. The van der Waals surface area contributed by atoms with E-state index in [0.29, 0.717) is 5.56 Å². The predicted molar refractivity (Wildman–Crippen MR) is 106 cm³/mol. The van der Waals surface area contributed by atoms with Crippen LogP contribution >= 0.6 is 0 Å². The zero-order chi connectivity index (χ0) is 18.3. The summed E-state index contributed by atoms with van der Waals surface area (Å²) < 4.78 is 0.